The minimum atomic E-state index is -0.355. The van der Waals surface area contributed by atoms with Gasteiger partial charge in [-0.1, -0.05) is 24.3 Å². The number of phenols is 1. The molecule has 5 heteroatoms. The number of anilines is 2. The number of ether oxygens (including phenoxy) is 1. The van der Waals surface area contributed by atoms with Crippen LogP contribution in [0.1, 0.15) is 31.8 Å². The van der Waals surface area contributed by atoms with Crippen molar-refractivity contribution in [3.05, 3.63) is 82.9 Å². The highest BCUT2D eigenvalue weighted by Gasteiger charge is 2.33. The highest BCUT2D eigenvalue weighted by Crippen LogP contribution is 2.38. The van der Waals surface area contributed by atoms with Gasteiger partial charge in [0.25, 0.3) is 0 Å². The van der Waals surface area contributed by atoms with Crippen molar-refractivity contribution in [3.8, 4) is 11.5 Å². The van der Waals surface area contributed by atoms with Gasteiger partial charge in [-0.2, -0.15) is 0 Å². The fourth-order valence-corrected chi connectivity index (χ4v) is 3.14. The molecule has 1 aliphatic rings. The number of carbonyl (C=O) groups excluding carboxylic acids is 2. The molecule has 0 atom stereocenters. The minimum absolute atomic E-state index is 0.0345. The van der Waals surface area contributed by atoms with Crippen molar-refractivity contribution in [3.63, 3.8) is 0 Å². The Balaban J connectivity index is 1.83. The molecule has 0 saturated heterocycles. The lowest BCUT2D eigenvalue weighted by molar-refractivity contribution is 0.0977. The Morgan fingerprint density at radius 1 is 0.808 bits per heavy atom. The number of methoxy groups -OCH3 is 1. The molecule has 4 rings (SSSR count). The molecule has 0 heterocycles. The predicted octanol–water partition coefficient (Wildman–Crippen LogP) is 3.92. The summed E-state index contributed by atoms with van der Waals surface area (Å²) in [7, 11) is 1.58. The van der Waals surface area contributed by atoms with Gasteiger partial charge in [0.1, 0.15) is 11.5 Å². The third kappa shape index (κ3) is 2.41. The van der Waals surface area contributed by atoms with Crippen LogP contribution in [0.4, 0.5) is 11.4 Å². The maximum Gasteiger partial charge on any atom is 0.198 e. The second kappa shape index (κ2) is 6.04. The normalized spacial score (nSPS) is 12.3. The van der Waals surface area contributed by atoms with Crippen LogP contribution in [0, 0.1) is 0 Å². The largest absolute Gasteiger partial charge is 0.507 e. The van der Waals surface area contributed by atoms with Crippen molar-refractivity contribution in [1.29, 1.82) is 0 Å². The summed E-state index contributed by atoms with van der Waals surface area (Å²) in [5.74, 6) is -0.134. The molecule has 128 valence electrons. The monoisotopic (exact) mass is 345 g/mol. The van der Waals surface area contributed by atoms with Gasteiger partial charge in [0.05, 0.1) is 23.9 Å². The van der Waals surface area contributed by atoms with Crippen molar-refractivity contribution in [2.24, 2.45) is 0 Å². The number of aromatic hydroxyl groups is 1. The Kier molecular flexibility index (Phi) is 3.69. The van der Waals surface area contributed by atoms with Gasteiger partial charge < -0.3 is 15.2 Å². The minimum Gasteiger partial charge on any atom is -0.507 e. The average Bonchev–Trinajstić information content (AvgIpc) is 2.68. The van der Waals surface area contributed by atoms with E-state index in [1.165, 1.54) is 6.07 Å². The molecule has 0 saturated carbocycles. The van der Waals surface area contributed by atoms with E-state index in [1.807, 2.05) is 0 Å². The summed E-state index contributed by atoms with van der Waals surface area (Å²) in [6, 6.07) is 16.8. The first-order valence-electron chi connectivity index (χ1n) is 8.05. The van der Waals surface area contributed by atoms with Crippen LogP contribution in [-0.2, 0) is 0 Å². The number of hydrogen-bond acceptors (Lipinski definition) is 5. The van der Waals surface area contributed by atoms with E-state index in [0.717, 1.165) is 5.69 Å². The van der Waals surface area contributed by atoms with E-state index in [0.29, 0.717) is 22.6 Å². The number of phenolic OH excluding ortho intramolecular Hbond substituents is 1. The first-order valence-corrected chi connectivity index (χ1v) is 8.05. The number of benzene rings is 3. The Labute approximate surface area is 149 Å². The van der Waals surface area contributed by atoms with Crippen LogP contribution in [0.15, 0.2) is 60.7 Å². The van der Waals surface area contributed by atoms with Crippen molar-refractivity contribution in [2.45, 2.75) is 0 Å². The third-order valence-electron chi connectivity index (χ3n) is 4.42. The summed E-state index contributed by atoms with van der Waals surface area (Å²) >= 11 is 0. The van der Waals surface area contributed by atoms with Gasteiger partial charge in [-0.15, -0.1) is 0 Å². The molecule has 0 amide bonds. The smallest absolute Gasteiger partial charge is 0.198 e. The molecule has 26 heavy (non-hydrogen) atoms. The number of rotatable bonds is 3. The lowest BCUT2D eigenvalue weighted by atomic mass is 9.82. The molecule has 0 unspecified atom stereocenters. The Morgan fingerprint density at radius 3 is 2.04 bits per heavy atom. The second-order valence-electron chi connectivity index (χ2n) is 5.94. The molecule has 0 radical (unpaired) electrons. The molecule has 5 nitrogen and oxygen atoms in total. The number of hydrogen-bond donors (Lipinski definition) is 2. The molecule has 0 bridgehead atoms. The summed E-state index contributed by atoms with van der Waals surface area (Å²) in [6.07, 6.45) is 0. The van der Waals surface area contributed by atoms with Gasteiger partial charge >= 0.3 is 0 Å². The molecule has 0 spiro atoms. The van der Waals surface area contributed by atoms with Crippen LogP contribution in [0.25, 0.3) is 0 Å². The van der Waals surface area contributed by atoms with Crippen LogP contribution in [-0.4, -0.2) is 23.8 Å². The molecule has 2 N–H and O–H groups in total. The van der Waals surface area contributed by atoms with E-state index in [1.54, 1.807) is 61.7 Å². The molecule has 3 aromatic carbocycles. The first kappa shape index (κ1) is 15.9. The third-order valence-corrected chi connectivity index (χ3v) is 4.42. The number of nitrogens with one attached hydrogen (secondary N) is 1. The van der Waals surface area contributed by atoms with Gasteiger partial charge in [0, 0.05) is 16.8 Å². The Morgan fingerprint density at radius 2 is 1.42 bits per heavy atom. The van der Waals surface area contributed by atoms with Crippen molar-refractivity contribution < 1.29 is 19.4 Å². The first-order chi connectivity index (χ1) is 12.6. The van der Waals surface area contributed by atoms with Crippen LogP contribution >= 0.6 is 0 Å². The fourth-order valence-electron chi connectivity index (χ4n) is 3.14. The summed E-state index contributed by atoms with van der Waals surface area (Å²) < 4.78 is 5.14. The number of fused-ring (bicyclic) bond motifs is 2. The molecule has 0 fully saturated rings. The zero-order valence-corrected chi connectivity index (χ0v) is 13.9. The van der Waals surface area contributed by atoms with Gasteiger partial charge in [-0.25, -0.2) is 0 Å². The van der Waals surface area contributed by atoms with E-state index >= 15 is 0 Å². The average molecular weight is 345 g/mol. The maximum absolute atomic E-state index is 13.0. The van der Waals surface area contributed by atoms with Gasteiger partial charge in [0.2, 0.25) is 0 Å². The Hall–Kier alpha value is -3.60. The summed E-state index contributed by atoms with van der Waals surface area (Å²) in [4.78, 5) is 25.8. The van der Waals surface area contributed by atoms with Gasteiger partial charge in [-0.3, -0.25) is 9.59 Å². The quantitative estimate of drug-likeness (QED) is 0.551. The summed E-state index contributed by atoms with van der Waals surface area (Å²) in [5, 5.41) is 13.4. The standard InChI is InChI=1S/C21H15NO4/c1-26-13-8-6-12(7-9-13)22-16-10-11-17(23)19-18(16)20(24)14-4-2-3-5-15(14)21(19)25/h2-11,22-23H,1H3. The lowest BCUT2D eigenvalue weighted by Gasteiger charge is -2.21. The molecule has 1 aliphatic carbocycles. The summed E-state index contributed by atoms with van der Waals surface area (Å²) in [5.41, 5.74) is 2.07. The van der Waals surface area contributed by atoms with Crippen LogP contribution in [0.5, 0.6) is 11.5 Å². The van der Waals surface area contributed by atoms with E-state index in [4.69, 9.17) is 4.74 Å². The van der Waals surface area contributed by atoms with Crippen molar-refractivity contribution in [2.75, 3.05) is 12.4 Å². The molecule has 0 aromatic heterocycles. The SMILES string of the molecule is COc1ccc(Nc2ccc(O)c3c2C(=O)c2ccccc2C3=O)cc1. The molecular weight excluding hydrogens is 330 g/mol. The van der Waals surface area contributed by atoms with Crippen LogP contribution in [0.3, 0.4) is 0 Å². The van der Waals surface area contributed by atoms with E-state index in [2.05, 4.69) is 5.32 Å². The fraction of sp³-hybridized carbons (Fsp3) is 0.0476. The number of ketones is 2. The van der Waals surface area contributed by atoms with Crippen molar-refractivity contribution in [1.82, 2.24) is 0 Å². The number of carbonyl (C=O) groups is 2. The predicted molar refractivity (Wildman–Crippen MR) is 97.7 cm³/mol. The van der Waals surface area contributed by atoms with E-state index < -0.39 is 0 Å². The van der Waals surface area contributed by atoms with Gasteiger partial charge in [0.15, 0.2) is 11.6 Å². The van der Waals surface area contributed by atoms with Crippen LogP contribution in [0.2, 0.25) is 0 Å². The van der Waals surface area contributed by atoms with Crippen LogP contribution < -0.4 is 10.1 Å². The van der Waals surface area contributed by atoms with E-state index in [9.17, 15) is 14.7 Å². The van der Waals surface area contributed by atoms with Crippen molar-refractivity contribution >= 4 is 22.9 Å². The second-order valence-corrected chi connectivity index (χ2v) is 5.94. The summed E-state index contributed by atoms with van der Waals surface area (Å²) in [6.45, 7) is 0. The zero-order chi connectivity index (χ0) is 18.3. The molecule has 3 aromatic rings. The molecule has 0 aliphatic heterocycles. The lowest BCUT2D eigenvalue weighted by Crippen LogP contribution is -2.22. The van der Waals surface area contributed by atoms with E-state index in [-0.39, 0.29) is 28.4 Å². The highest BCUT2D eigenvalue weighted by atomic mass is 16.5. The highest BCUT2D eigenvalue weighted by molar-refractivity contribution is 6.31. The Bertz CT molecular complexity index is 1040. The molecular formula is C21H15NO4. The topological polar surface area (TPSA) is 75.6 Å². The maximum atomic E-state index is 13.0. The van der Waals surface area contributed by atoms with Gasteiger partial charge in [-0.05, 0) is 36.4 Å². The zero-order valence-electron chi connectivity index (χ0n) is 13.9.